The Bertz CT molecular complexity index is 643. The number of ether oxygens (including phenoxy) is 1. The first-order valence-corrected chi connectivity index (χ1v) is 6.40. The number of carbonyl (C=O) groups is 1. The van der Waals surface area contributed by atoms with Crippen LogP contribution in [0, 0.1) is 10.1 Å². The lowest BCUT2D eigenvalue weighted by Gasteiger charge is -2.21. The van der Waals surface area contributed by atoms with Crippen molar-refractivity contribution in [2.75, 3.05) is 11.5 Å². The number of nitro benzene ring substituents is 1. The molecular formula is C15H14N2O4. The van der Waals surface area contributed by atoms with Crippen LogP contribution in [-0.4, -0.2) is 17.6 Å². The molecule has 0 fully saturated rings. The normalized spacial score (nSPS) is 9.95. The van der Waals surface area contributed by atoms with Gasteiger partial charge in [0, 0.05) is 6.07 Å². The largest absolute Gasteiger partial charge is 0.449 e. The third-order valence-corrected chi connectivity index (χ3v) is 2.78. The molecule has 0 saturated carbocycles. The molecule has 0 N–H and O–H groups in total. The number of hydrogen-bond donors (Lipinski definition) is 0. The van der Waals surface area contributed by atoms with Crippen LogP contribution in [0.3, 0.4) is 0 Å². The molecule has 0 aromatic heterocycles. The van der Waals surface area contributed by atoms with Crippen LogP contribution < -0.4 is 4.90 Å². The molecule has 0 spiro atoms. The highest BCUT2D eigenvalue weighted by Gasteiger charge is 2.26. The maximum absolute atomic E-state index is 12.2. The zero-order chi connectivity index (χ0) is 15.2. The molecule has 0 aliphatic heterocycles. The van der Waals surface area contributed by atoms with Crippen LogP contribution in [0.15, 0.2) is 54.6 Å². The van der Waals surface area contributed by atoms with Gasteiger partial charge in [-0.05, 0) is 25.1 Å². The fraction of sp³-hybridized carbons (Fsp3) is 0.133. The lowest BCUT2D eigenvalue weighted by Crippen LogP contribution is -2.27. The summed E-state index contributed by atoms with van der Waals surface area (Å²) in [5.41, 5.74) is 0.520. The van der Waals surface area contributed by atoms with Crippen LogP contribution in [0.5, 0.6) is 0 Å². The van der Waals surface area contributed by atoms with Crippen LogP contribution in [0.4, 0.5) is 21.9 Å². The Morgan fingerprint density at radius 3 is 2.38 bits per heavy atom. The molecule has 0 bridgehead atoms. The average molecular weight is 286 g/mol. The van der Waals surface area contributed by atoms with Crippen molar-refractivity contribution in [3.63, 3.8) is 0 Å². The van der Waals surface area contributed by atoms with E-state index in [0.717, 1.165) is 0 Å². The SMILES string of the molecule is CCOC(=O)N(c1ccccc1)c1ccccc1[N+](=O)[O-]. The molecule has 0 radical (unpaired) electrons. The molecule has 0 atom stereocenters. The van der Waals surface area contributed by atoms with Gasteiger partial charge in [-0.3, -0.25) is 10.1 Å². The highest BCUT2D eigenvalue weighted by atomic mass is 16.6. The van der Waals surface area contributed by atoms with Gasteiger partial charge in [-0.2, -0.15) is 0 Å². The zero-order valence-electron chi connectivity index (χ0n) is 11.4. The number of para-hydroxylation sites is 3. The molecule has 6 nitrogen and oxygen atoms in total. The summed E-state index contributed by atoms with van der Waals surface area (Å²) in [4.78, 5) is 24.0. The second-order valence-electron chi connectivity index (χ2n) is 4.12. The third-order valence-electron chi connectivity index (χ3n) is 2.78. The van der Waals surface area contributed by atoms with Crippen LogP contribution in [0.2, 0.25) is 0 Å². The summed E-state index contributed by atoms with van der Waals surface area (Å²) in [6.45, 7) is 1.86. The van der Waals surface area contributed by atoms with Crippen molar-refractivity contribution in [3.05, 3.63) is 64.7 Å². The predicted molar refractivity (Wildman–Crippen MR) is 78.7 cm³/mol. The Kier molecular flexibility index (Phi) is 4.50. The summed E-state index contributed by atoms with van der Waals surface area (Å²) in [6, 6.07) is 14.7. The Labute approximate surface area is 121 Å². The zero-order valence-corrected chi connectivity index (χ0v) is 11.4. The topological polar surface area (TPSA) is 72.7 Å². The number of nitro groups is 1. The van der Waals surface area contributed by atoms with Crippen LogP contribution in [0.25, 0.3) is 0 Å². The standard InChI is InChI=1S/C15H14N2O4/c1-2-21-15(18)16(12-8-4-3-5-9-12)13-10-6-7-11-14(13)17(19)20/h3-11H,2H2,1H3. The van der Waals surface area contributed by atoms with E-state index < -0.39 is 11.0 Å². The lowest BCUT2D eigenvalue weighted by molar-refractivity contribution is -0.384. The van der Waals surface area contributed by atoms with Crippen molar-refractivity contribution in [2.24, 2.45) is 0 Å². The van der Waals surface area contributed by atoms with E-state index in [1.807, 2.05) is 0 Å². The van der Waals surface area contributed by atoms with Gasteiger partial charge in [0.1, 0.15) is 5.69 Å². The van der Waals surface area contributed by atoms with E-state index in [4.69, 9.17) is 4.74 Å². The summed E-state index contributed by atoms with van der Waals surface area (Å²) in [7, 11) is 0. The highest BCUT2D eigenvalue weighted by Crippen LogP contribution is 2.33. The van der Waals surface area contributed by atoms with Gasteiger partial charge in [0.25, 0.3) is 5.69 Å². The second-order valence-corrected chi connectivity index (χ2v) is 4.12. The van der Waals surface area contributed by atoms with Gasteiger partial charge in [-0.15, -0.1) is 0 Å². The minimum atomic E-state index is -0.655. The van der Waals surface area contributed by atoms with Crippen molar-refractivity contribution < 1.29 is 14.5 Å². The average Bonchev–Trinajstić information content (AvgIpc) is 2.49. The Balaban J connectivity index is 2.56. The lowest BCUT2D eigenvalue weighted by atomic mass is 10.2. The fourth-order valence-corrected chi connectivity index (χ4v) is 1.92. The summed E-state index contributed by atoms with van der Waals surface area (Å²) >= 11 is 0. The van der Waals surface area contributed by atoms with Gasteiger partial charge in [-0.1, -0.05) is 30.3 Å². The molecule has 1 amide bonds. The molecule has 108 valence electrons. The van der Waals surface area contributed by atoms with E-state index in [1.165, 1.54) is 17.0 Å². The monoisotopic (exact) mass is 286 g/mol. The van der Waals surface area contributed by atoms with Crippen molar-refractivity contribution in [1.82, 2.24) is 0 Å². The predicted octanol–water partition coefficient (Wildman–Crippen LogP) is 3.89. The smallest absolute Gasteiger partial charge is 0.419 e. The molecule has 0 aliphatic carbocycles. The number of nitrogens with zero attached hydrogens (tertiary/aromatic N) is 2. The summed E-state index contributed by atoms with van der Waals surface area (Å²) in [6.07, 6.45) is -0.655. The minimum absolute atomic E-state index is 0.158. The molecule has 0 heterocycles. The highest BCUT2D eigenvalue weighted by molar-refractivity contribution is 5.98. The van der Waals surface area contributed by atoms with E-state index in [0.29, 0.717) is 5.69 Å². The van der Waals surface area contributed by atoms with Crippen LogP contribution >= 0.6 is 0 Å². The number of anilines is 2. The van der Waals surface area contributed by atoms with Gasteiger partial charge < -0.3 is 4.74 Å². The Hall–Kier alpha value is -2.89. The van der Waals surface area contributed by atoms with Gasteiger partial charge in [-0.25, -0.2) is 9.69 Å². The second kappa shape index (κ2) is 6.51. The first kappa shape index (κ1) is 14.5. The van der Waals surface area contributed by atoms with E-state index in [1.54, 1.807) is 49.4 Å². The van der Waals surface area contributed by atoms with Gasteiger partial charge in [0.15, 0.2) is 0 Å². The molecule has 6 heteroatoms. The maximum atomic E-state index is 12.2. The summed E-state index contributed by atoms with van der Waals surface area (Å²) in [5.74, 6) is 0. The molecule has 2 aromatic carbocycles. The van der Waals surface area contributed by atoms with Crippen LogP contribution in [0.1, 0.15) is 6.92 Å². The van der Waals surface area contributed by atoms with Gasteiger partial charge in [0.2, 0.25) is 0 Å². The molecule has 0 aliphatic rings. The first-order valence-electron chi connectivity index (χ1n) is 6.40. The fourth-order valence-electron chi connectivity index (χ4n) is 1.92. The van der Waals surface area contributed by atoms with Crippen LogP contribution in [-0.2, 0) is 4.74 Å². The number of hydrogen-bond acceptors (Lipinski definition) is 4. The van der Waals surface area contributed by atoms with Crippen molar-refractivity contribution >= 4 is 23.2 Å². The summed E-state index contributed by atoms with van der Waals surface area (Å²) in [5, 5.41) is 11.2. The minimum Gasteiger partial charge on any atom is -0.449 e. The maximum Gasteiger partial charge on any atom is 0.419 e. The molecule has 21 heavy (non-hydrogen) atoms. The molecule has 2 rings (SSSR count). The van der Waals surface area contributed by atoms with Crippen molar-refractivity contribution in [2.45, 2.75) is 6.92 Å². The van der Waals surface area contributed by atoms with Crippen molar-refractivity contribution in [1.29, 1.82) is 0 Å². The Morgan fingerprint density at radius 2 is 1.76 bits per heavy atom. The number of carbonyl (C=O) groups excluding carboxylic acids is 1. The molecule has 2 aromatic rings. The Morgan fingerprint density at radius 1 is 1.14 bits per heavy atom. The number of rotatable bonds is 4. The quantitative estimate of drug-likeness (QED) is 0.631. The van der Waals surface area contributed by atoms with Gasteiger partial charge in [0.05, 0.1) is 17.2 Å². The van der Waals surface area contributed by atoms with E-state index in [2.05, 4.69) is 0 Å². The first-order chi connectivity index (χ1) is 10.1. The number of benzene rings is 2. The third kappa shape index (κ3) is 3.17. The summed E-state index contributed by atoms with van der Waals surface area (Å²) < 4.78 is 5.01. The van der Waals surface area contributed by atoms with E-state index in [-0.39, 0.29) is 18.0 Å². The number of amides is 1. The van der Waals surface area contributed by atoms with Gasteiger partial charge >= 0.3 is 6.09 Å². The molecular weight excluding hydrogens is 272 g/mol. The van der Waals surface area contributed by atoms with Crippen molar-refractivity contribution in [3.8, 4) is 0 Å². The van der Waals surface area contributed by atoms with E-state index in [9.17, 15) is 14.9 Å². The molecule has 0 saturated heterocycles. The van der Waals surface area contributed by atoms with E-state index >= 15 is 0 Å². The molecule has 0 unspecified atom stereocenters.